The summed E-state index contributed by atoms with van der Waals surface area (Å²) < 4.78 is 1.39. The number of phenols is 1. The maximum absolute atomic E-state index is 12.2. The largest absolute Gasteiger partial charge is 0.507 e. The molecule has 2 rings (SSSR count). The van der Waals surface area contributed by atoms with E-state index in [-0.39, 0.29) is 11.7 Å². The van der Waals surface area contributed by atoms with Crippen molar-refractivity contribution in [3.8, 4) is 5.75 Å². The maximum atomic E-state index is 12.2. The van der Waals surface area contributed by atoms with Crippen molar-refractivity contribution in [2.75, 3.05) is 5.32 Å². The lowest BCUT2D eigenvalue weighted by molar-refractivity contribution is 0.102. The van der Waals surface area contributed by atoms with Crippen molar-refractivity contribution in [3.05, 3.63) is 56.0 Å². The molecule has 1 amide bonds. The highest BCUT2D eigenvalue weighted by atomic mass is 79.9. The zero-order valence-electron chi connectivity index (χ0n) is 11.0. The topological polar surface area (TPSA) is 49.3 Å². The van der Waals surface area contributed by atoms with Crippen LogP contribution in [0.3, 0.4) is 0 Å². The molecular weight excluding hydrogens is 386 g/mol. The van der Waals surface area contributed by atoms with Gasteiger partial charge in [0, 0.05) is 10.0 Å². The van der Waals surface area contributed by atoms with E-state index in [4.69, 9.17) is 0 Å². The highest BCUT2D eigenvalue weighted by Gasteiger charge is 2.12. The Balaban J connectivity index is 2.30. The molecule has 0 saturated heterocycles. The first kappa shape index (κ1) is 15.1. The third kappa shape index (κ3) is 3.22. The number of benzene rings is 2. The van der Waals surface area contributed by atoms with Crippen LogP contribution in [0.15, 0.2) is 39.3 Å². The number of hydrogen-bond donors (Lipinski definition) is 2. The molecule has 2 aromatic carbocycles. The predicted octanol–water partition coefficient (Wildman–Crippen LogP) is 4.79. The Morgan fingerprint density at radius 3 is 2.40 bits per heavy atom. The molecule has 0 saturated carbocycles. The van der Waals surface area contributed by atoms with Crippen LogP contribution in [0.5, 0.6) is 5.75 Å². The Hall–Kier alpha value is -1.33. The van der Waals surface area contributed by atoms with E-state index >= 15 is 0 Å². The van der Waals surface area contributed by atoms with Gasteiger partial charge in [-0.1, -0.05) is 6.07 Å². The Labute approximate surface area is 134 Å². The minimum atomic E-state index is -0.263. The second-order valence-electron chi connectivity index (χ2n) is 4.56. The quantitative estimate of drug-likeness (QED) is 0.764. The fourth-order valence-electron chi connectivity index (χ4n) is 1.91. The van der Waals surface area contributed by atoms with Crippen LogP contribution in [-0.4, -0.2) is 11.0 Å². The van der Waals surface area contributed by atoms with Gasteiger partial charge in [-0.15, -0.1) is 0 Å². The Bertz CT molecular complexity index is 661. The number of rotatable bonds is 2. The summed E-state index contributed by atoms with van der Waals surface area (Å²) in [6.45, 7) is 3.93. The van der Waals surface area contributed by atoms with Gasteiger partial charge in [0.2, 0.25) is 0 Å². The van der Waals surface area contributed by atoms with Gasteiger partial charge < -0.3 is 10.4 Å². The van der Waals surface area contributed by atoms with Gasteiger partial charge in [0.05, 0.1) is 10.2 Å². The van der Waals surface area contributed by atoms with E-state index < -0.39 is 0 Å². The van der Waals surface area contributed by atoms with Crippen molar-refractivity contribution < 1.29 is 9.90 Å². The van der Waals surface area contributed by atoms with E-state index in [0.29, 0.717) is 10.0 Å². The van der Waals surface area contributed by atoms with Crippen LogP contribution in [-0.2, 0) is 0 Å². The van der Waals surface area contributed by atoms with Crippen molar-refractivity contribution in [2.24, 2.45) is 0 Å². The van der Waals surface area contributed by atoms with Crippen LogP contribution >= 0.6 is 31.9 Å². The minimum Gasteiger partial charge on any atom is -0.507 e. The van der Waals surface area contributed by atoms with Crippen molar-refractivity contribution in [2.45, 2.75) is 13.8 Å². The first-order chi connectivity index (χ1) is 9.38. The molecule has 2 aromatic rings. The number of carbonyl (C=O) groups excluding carboxylic acids is 1. The molecule has 5 heteroatoms. The smallest absolute Gasteiger partial charge is 0.255 e. The normalized spacial score (nSPS) is 10.4. The van der Waals surface area contributed by atoms with Crippen LogP contribution in [0.1, 0.15) is 21.5 Å². The molecule has 0 aliphatic rings. The maximum Gasteiger partial charge on any atom is 0.255 e. The third-order valence-electron chi connectivity index (χ3n) is 2.88. The summed E-state index contributed by atoms with van der Waals surface area (Å²) in [4.78, 5) is 12.2. The summed E-state index contributed by atoms with van der Waals surface area (Å²) in [7, 11) is 0. The van der Waals surface area contributed by atoms with Crippen LogP contribution in [0.4, 0.5) is 5.69 Å². The number of phenolic OH excluding ortho intramolecular Hbond substituents is 1. The molecule has 0 aliphatic heterocycles. The van der Waals surface area contributed by atoms with Gasteiger partial charge in [-0.3, -0.25) is 4.79 Å². The van der Waals surface area contributed by atoms with E-state index in [2.05, 4.69) is 37.2 Å². The van der Waals surface area contributed by atoms with Crippen LogP contribution < -0.4 is 5.32 Å². The summed E-state index contributed by atoms with van der Waals surface area (Å²) >= 11 is 6.64. The number of nitrogens with one attached hydrogen (secondary N) is 1. The fourth-order valence-corrected chi connectivity index (χ4v) is 2.93. The van der Waals surface area contributed by atoms with Gasteiger partial charge in [-0.2, -0.15) is 0 Å². The molecule has 0 aromatic heterocycles. The first-order valence-electron chi connectivity index (χ1n) is 5.95. The van der Waals surface area contributed by atoms with E-state index in [0.717, 1.165) is 21.3 Å². The molecule has 0 bridgehead atoms. The zero-order valence-corrected chi connectivity index (χ0v) is 14.2. The van der Waals surface area contributed by atoms with Gasteiger partial charge in [0.15, 0.2) is 0 Å². The molecule has 20 heavy (non-hydrogen) atoms. The van der Waals surface area contributed by atoms with Crippen LogP contribution in [0.2, 0.25) is 0 Å². The molecule has 0 radical (unpaired) electrons. The standard InChI is InChI=1S/C15H13Br2NO2/c1-8-5-9(2)14(12(17)6-8)18-15(20)10-3-4-11(16)13(19)7-10/h3-7,19H,1-2H3,(H,18,20). The molecule has 2 N–H and O–H groups in total. The molecule has 0 aliphatic carbocycles. The minimum absolute atomic E-state index is 0.0392. The predicted molar refractivity (Wildman–Crippen MR) is 87.4 cm³/mol. The Kier molecular flexibility index (Phi) is 4.50. The lowest BCUT2D eigenvalue weighted by Gasteiger charge is -2.12. The van der Waals surface area contributed by atoms with Crippen LogP contribution in [0.25, 0.3) is 0 Å². The molecule has 0 fully saturated rings. The summed E-state index contributed by atoms with van der Waals surface area (Å²) in [6, 6.07) is 8.66. The van der Waals surface area contributed by atoms with E-state index in [1.807, 2.05) is 26.0 Å². The monoisotopic (exact) mass is 397 g/mol. The summed E-state index contributed by atoms with van der Waals surface area (Å²) in [6.07, 6.45) is 0. The molecule has 0 heterocycles. The number of amides is 1. The van der Waals surface area contributed by atoms with Crippen molar-refractivity contribution in [1.82, 2.24) is 0 Å². The van der Waals surface area contributed by atoms with E-state index in [9.17, 15) is 9.90 Å². The number of aromatic hydroxyl groups is 1. The summed E-state index contributed by atoms with van der Waals surface area (Å²) in [5.74, 6) is -0.224. The van der Waals surface area contributed by atoms with E-state index in [1.54, 1.807) is 12.1 Å². The van der Waals surface area contributed by atoms with Crippen molar-refractivity contribution in [3.63, 3.8) is 0 Å². The molecule has 0 atom stereocenters. The van der Waals surface area contributed by atoms with Gasteiger partial charge in [0.1, 0.15) is 5.75 Å². The second-order valence-corrected chi connectivity index (χ2v) is 6.27. The van der Waals surface area contributed by atoms with Gasteiger partial charge >= 0.3 is 0 Å². The number of halogens is 2. The number of carbonyl (C=O) groups is 1. The molecular formula is C15H13Br2NO2. The molecule has 3 nitrogen and oxygen atoms in total. The summed E-state index contributed by atoms with van der Waals surface area (Å²) in [5.41, 5.74) is 3.24. The number of aryl methyl sites for hydroxylation is 2. The zero-order chi connectivity index (χ0) is 14.9. The van der Waals surface area contributed by atoms with Gasteiger partial charge in [-0.25, -0.2) is 0 Å². The third-order valence-corrected chi connectivity index (χ3v) is 4.17. The number of anilines is 1. The van der Waals surface area contributed by atoms with Crippen molar-refractivity contribution >= 4 is 43.5 Å². The van der Waals surface area contributed by atoms with E-state index in [1.165, 1.54) is 6.07 Å². The second kappa shape index (κ2) is 5.97. The highest BCUT2D eigenvalue weighted by molar-refractivity contribution is 9.11. The number of hydrogen-bond acceptors (Lipinski definition) is 2. The van der Waals surface area contributed by atoms with Gasteiger partial charge in [-0.05, 0) is 81.1 Å². The van der Waals surface area contributed by atoms with Gasteiger partial charge in [0.25, 0.3) is 5.91 Å². The lowest BCUT2D eigenvalue weighted by Crippen LogP contribution is -2.13. The lowest BCUT2D eigenvalue weighted by atomic mass is 10.1. The fraction of sp³-hybridized carbons (Fsp3) is 0.133. The Morgan fingerprint density at radius 2 is 1.80 bits per heavy atom. The summed E-state index contributed by atoms with van der Waals surface area (Å²) in [5, 5.41) is 12.5. The average Bonchev–Trinajstić information content (AvgIpc) is 2.36. The molecule has 104 valence electrons. The molecule has 0 spiro atoms. The first-order valence-corrected chi connectivity index (χ1v) is 7.53. The SMILES string of the molecule is Cc1cc(C)c(NC(=O)c2ccc(Br)c(O)c2)c(Br)c1. The molecule has 0 unspecified atom stereocenters. The van der Waals surface area contributed by atoms with Crippen molar-refractivity contribution in [1.29, 1.82) is 0 Å². The Morgan fingerprint density at radius 1 is 1.10 bits per heavy atom. The van der Waals surface area contributed by atoms with Crippen LogP contribution in [0, 0.1) is 13.8 Å². The highest BCUT2D eigenvalue weighted by Crippen LogP contribution is 2.29. The average molecular weight is 399 g/mol.